The molecule has 6 rings (SSSR count). The fraction of sp³-hybridized carbons (Fsp3) is 0.231. The third-order valence-corrected chi connectivity index (χ3v) is 9.23. The lowest BCUT2D eigenvalue weighted by Gasteiger charge is -2.29. The van der Waals surface area contributed by atoms with Crippen LogP contribution in [0.5, 0.6) is 0 Å². The van der Waals surface area contributed by atoms with Crippen LogP contribution in [0.1, 0.15) is 45.5 Å². The van der Waals surface area contributed by atoms with E-state index in [9.17, 15) is 4.39 Å². The van der Waals surface area contributed by atoms with E-state index in [0.717, 1.165) is 29.7 Å². The molecular weight excluding hydrogens is 551 g/mol. The van der Waals surface area contributed by atoms with Gasteiger partial charge in [0.25, 0.3) is 0 Å². The summed E-state index contributed by atoms with van der Waals surface area (Å²) in [6.07, 6.45) is 5.25. The molecule has 0 radical (unpaired) electrons. The maximum atomic E-state index is 13.4. The Morgan fingerprint density at radius 2 is 1.47 bits per heavy atom. The number of halogens is 1. The molecule has 0 N–H and O–H groups in total. The smallest absolute Gasteiger partial charge is 0.123 e. The third kappa shape index (κ3) is 7.97. The molecule has 218 valence electrons. The summed E-state index contributed by atoms with van der Waals surface area (Å²) in [7, 11) is 0. The first-order valence-corrected chi connectivity index (χ1v) is 15.8. The van der Waals surface area contributed by atoms with Gasteiger partial charge in [0.05, 0.1) is 25.9 Å². The Bertz CT molecular complexity index is 1640. The van der Waals surface area contributed by atoms with Crippen molar-refractivity contribution in [2.24, 2.45) is 5.92 Å². The molecule has 0 saturated carbocycles. The van der Waals surface area contributed by atoms with Crippen molar-refractivity contribution in [2.75, 3.05) is 6.61 Å². The van der Waals surface area contributed by atoms with E-state index in [0.29, 0.717) is 19.8 Å². The number of aryl methyl sites for hydroxylation is 1. The Balaban J connectivity index is 1.19. The van der Waals surface area contributed by atoms with Crippen molar-refractivity contribution < 1.29 is 13.9 Å². The van der Waals surface area contributed by atoms with E-state index in [1.807, 2.05) is 24.3 Å². The molecule has 1 aromatic heterocycles. The van der Waals surface area contributed by atoms with Crippen molar-refractivity contribution in [3.8, 4) is 10.4 Å². The van der Waals surface area contributed by atoms with Gasteiger partial charge in [-0.2, -0.15) is 0 Å². The highest BCUT2D eigenvalue weighted by molar-refractivity contribution is 7.15. The minimum Gasteiger partial charge on any atom is -0.376 e. The molecule has 4 heteroatoms. The van der Waals surface area contributed by atoms with Gasteiger partial charge in [-0.15, -0.1) is 11.3 Å². The molecule has 1 aliphatic carbocycles. The number of thiophene rings is 1. The van der Waals surface area contributed by atoms with Crippen molar-refractivity contribution in [3.05, 3.63) is 160 Å². The van der Waals surface area contributed by atoms with Crippen LogP contribution in [0.25, 0.3) is 16.0 Å². The van der Waals surface area contributed by atoms with Gasteiger partial charge in [-0.1, -0.05) is 97.1 Å². The minimum absolute atomic E-state index is 0.130. The summed E-state index contributed by atoms with van der Waals surface area (Å²) < 4.78 is 26.1. The van der Waals surface area contributed by atoms with E-state index in [2.05, 4.69) is 91.9 Å². The van der Waals surface area contributed by atoms with Crippen LogP contribution < -0.4 is 0 Å². The first-order valence-electron chi connectivity index (χ1n) is 15.0. The summed E-state index contributed by atoms with van der Waals surface area (Å²) in [5, 5.41) is 0. The van der Waals surface area contributed by atoms with Crippen LogP contribution in [-0.2, 0) is 29.1 Å². The number of ether oxygens (including phenoxy) is 2. The summed E-state index contributed by atoms with van der Waals surface area (Å²) in [6, 6.07) is 38.7. The highest BCUT2D eigenvalue weighted by atomic mass is 32.1. The molecule has 5 aromatic rings. The average molecular weight is 589 g/mol. The molecule has 43 heavy (non-hydrogen) atoms. The Morgan fingerprint density at radius 3 is 2.21 bits per heavy atom. The summed E-state index contributed by atoms with van der Waals surface area (Å²) in [5.74, 6) is 0.0799. The number of hydrogen-bond acceptors (Lipinski definition) is 3. The number of hydrogen-bond donors (Lipinski definition) is 0. The van der Waals surface area contributed by atoms with Gasteiger partial charge in [-0.05, 0) is 83.0 Å². The molecular formula is C39H37FO2S. The molecule has 0 spiro atoms. The quantitative estimate of drug-likeness (QED) is 0.153. The summed E-state index contributed by atoms with van der Waals surface area (Å²) in [6.45, 7) is 4.09. The highest BCUT2D eigenvalue weighted by Gasteiger charge is 2.25. The molecule has 0 saturated heterocycles. The average Bonchev–Trinajstić information content (AvgIpc) is 3.51. The predicted octanol–water partition coefficient (Wildman–Crippen LogP) is 10.0. The van der Waals surface area contributed by atoms with Crippen molar-refractivity contribution in [3.63, 3.8) is 0 Å². The Morgan fingerprint density at radius 1 is 0.767 bits per heavy atom. The van der Waals surface area contributed by atoms with Crippen molar-refractivity contribution in [1.82, 2.24) is 0 Å². The van der Waals surface area contributed by atoms with Gasteiger partial charge >= 0.3 is 0 Å². The molecule has 0 aliphatic heterocycles. The second kappa shape index (κ2) is 14.1. The zero-order valence-electron chi connectivity index (χ0n) is 24.5. The van der Waals surface area contributed by atoms with E-state index in [1.54, 1.807) is 11.3 Å². The molecule has 2 atom stereocenters. The van der Waals surface area contributed by atoms with Crippen LogP contribution in [0.4, 0.5) is 4.39 Å². The maximum Gasteiger partial charge on any atom is 0.123 e. The first kappa shape index (κ1) is 29.3. The van der Waals surface area contributed by atoms with E-state index < -0.39 is 0 Å². The van der Waals surface area contributed by atoms with Gasteiger partial charge in [0.15, 0.2) is 0 Å². The van der Waals surface area contributed by atoms with Crippen LogP contribution in [-0.4, -0.2) is 12.7 Å². The fourth-order valence-corrected chi connectivity index (χ4v) is 6.76. The second-order valence-corrected chi connectivity index (χ2v) is 12.6. The summed E-state index contributed by atoms with van der Waals surface area (Å²) in [4.78, 5) is 2.46. The van der Waals surface area contributed by atoms with Crippen molar-refractivity contribution in [2.45, 2.75) is 45.5 Å². The Kier molecular flexibility index (Phi) is 9.59. The standard InChI is InChI=1S/C39H37FO2S/c1-28-12-13-33(22-34(28)24-38-18-19-39(43-38)32-14-16-36(40)17-15-32)35-20-31(26-41-25-29-8-4-2-5-9-29)21-37(23-35)42-27-30-10-6-3-7-11-30/h2-20,22,31,37H,21,23-27H2,1H3/t31?,37-/m0/s1. The predicted molar refractivity (Wildman–Crippen MR) is 176 cm³/mol. The van der Waals surface area contributed by atoms with Gasteiger partial charge in [0.1, 0.15) is 5.82 Å². The lowest BCUT2D eigenvalue weighted by molar-refractivity contribution is 0.0130. The minimum atomic E-state index is -0.206. The molecule has 0 fully saturated rings. The van der Waals surface area contributed by atoms with E-state index in [1.165, 1.54) is 50.4 Å². The number of benzene rings is 4. The van der Waals surface area contributed by atoms with Gasteiger partial charge in [-0.25, -0.2) is 4.39 Å². The van der Waals surface area contributed by atoms with Crippen LogP contribution in [0.3, 0.4) is 0 Å². The maximum absolute atomic E-state index is 13.4. The molecule has 4 aromatic carbocycles. The van der Waals surface area contributed by atoms with E-state index in [4.69, 9.17) is 9.47 Å². The lowest BCUT2D eigenvalue weighted by atomic mass is 9.84. The van der Waals surface area contributed by atoms with Gasteiger partial charge < -0.3 is 9.47 Å². The molecule has 0 bridgehead atoms. The zero-order chi connectivity index (χ0) is 29.4. The SMILES string of the molecule is Cc1ccc(C2=CC(COCc3ccccc3)C[C@H](OCc3ccccc3)C2)cc1Cc1ccc(-c2ccc(F)cc2)s1. The summed E-state index contributed by atoms with van der Waals surface area (Å²) >= 11 is 1.78. The Labute approximate surface area is 258 Å². The van der Waals surface area contributed by atoms with E-state index >= 15 is 0 Å². The second-order valence-electron chi connectivity index (χ2n) is 11.4. The molecule has 1 unspecified atom stereocenters. The van der Waals surface area contributed by atoms with Crippen molar-refractivity contribution in [1.29, 1.82) is 0 Å². The molecule has 2 nitrogen and oxygen atoms in total. The number of rotatable bonds is 11. The van der Waals surface area contributed by atoms with Crippen LogP contribution >= 0.6 is 11.3 Å². The molecule has 1 heterocycles. The largest absolute Gasteiger partial charge is 0.376 e. The monoisotopic (exact) mass is 588 g/mol. The van der Waals surface area contributed by atoms with Crippen LogP contribution in [0, 0.1) is 18.7 Å². The molecule has 0 amide bonds. The topological polar surface area (TPSA) is 18.5 Å². The van der Waals surface area contributed by atoms with Gasteiger partial charge in [0, 0.05) is 22.1 Å². The highest BCUT2D eigenvalue weighted by Crippen LogP contribution is 2.35. The first-order chi connectivity index (χ1) is 21.1. The van der Waals surface area contributed by atoms with E-state index in [-0.39, 0.29) is 17.8 Å². The lowest BCUT2D eigenvalue weighted by Crippen LogP contribution is -2.24. The normalized spacial score (nSPS) is 16.7. The van der Waals surface area contributed by atoms with Crippen molar-refractivity contribution >= 4 is 16.9 Å². The molecule has 1 aliphatic rings. The Hall–Kier alpha value is -3.83. The van der Waals surface area contributed by atoms with Crippen LogP contribution in [0.2, 0.25) is 0 Å². The third-order valence-electron chi connectivity index (χ3n) is 8.10. The summed E-state index contributed by atoms with van der Waals surface area (Å²) in [5.41, 5.74) is 8.65. The van der Waals surface area contributed by atoms with Gasteiger partial charge in [-0.3, -0.25) is 0 Å². The zero-order valence-corrected chi connectivity index (χ0v) is 25.4. The van der Waals surface area contributed by atoms with Gasteiger partial charge in [0.2, 0.25) is 0 Å². The fourth-order valence-electron chi connectivity index (χ4n) is 5.73. The van der Waals surface area contributed by atoms with Crippen LogP contribution in [0.15, 0.2) is 121 Å².